The third-order valence-electron chi connectivity index (χ3n) is 3.67. The van der Waals surface area contributed by atoms with Crippen molar-refractivity contribution >= 4 is 23.3 Å². The van der Waals surface area contributed by atoms with Crippen molar-refractivity contribution in [2.24, 2.45) is 0 Å². The van der Waals surface area contributed by atoms with Crippen LogP contribution >= 0.6 is 0 Å². The van der Waals surface area contributed by atoms with E-state index in [1.165, 1.54) is 6.92 Å². The third kappa shape index (κ3) is 4.88. The molecule has 9 heteroatoms. The fourth-order valence-corrected chi connectivity index (χ4v) is 2.51. The van der Waals surface area contributed by atoms with E-state index in [0.29, 0.717) is 23.7 Å². The molecule has 0 spiro atoms. The van der Waals surface area contributed by atoms with Crippen molar-refractivity contribution < 1.29 is 9.59 Å². The summed E-state index contributed by atoms with van der Waals surface area (Å²) in [6.45, 7) is 3.57. The molecule has 138 valence electrons. The molecule has 1 heterocycles. The van der Waals surface area contributed by atoms with Gasteiger partial charge in [0.1, 0.15) is 0 Å². The van der Waals surface area contributed by atoms with Gasteiger partial charge in [-0.25, -0.2) is 4.79 Å². The lowest BCUT2D eigenvalue weighted by atomic mass is 10.2. The minimum atomic E-state index is -0.342. The number of aromatic nitrogens is 4. The number of aryl methyl sites for hydroxylation is 1. The summed E-state index contributed by atoms with van der Waals surface area (Å²) >= 11 is 0. The van der Waals surface area contributed by atoms with Gasteiger partial charge in [0.15, 0.2) is 5.82 Å². The number of amides is 3. The fraction of sp³-hybridized carbons (Fsp3) is 0.167. The topological polar surface area (TPSA) is 114 Å². The summed E-state index contributed by atoms with van der Waals surface area (Å²) in [5.74, 6) is 0.506. The first-order valence-electron chi connectivity index (χ1n) is 8.28. The van der Waals surface area contributed by atoms with Gasteiger partial charge in [-0.05, 0) is 53.2 Å². The maximum atomic E-state index is 12.2. The number of hydrogen-bond donors (Lipinski definition) is 3. The van der Waals surface area contributed by atoms with Crippen molar-refractivity contribution in [1.82, 2.24) is 25.5 Å². The first kappa shape index (κ1) is 18.1. The van der Waals surface area contributed by atoms with Gasteiger partial charge in [-0.2, -0.15) is 4.68 Å². The number of benzene rings is 2. The molecule has 0 bridgehead atoms. The van der Waals surface area contributed by atoms with E-state index in [4.69, 9.17) is 0 Å². The molecule has 2 aromatic carbocycles. The van der Waals surface area contributed by atoms with Crippen LogP contribution in [0.4, 0.5) is 16.2 Å². The normalized spacial score (nSPS) is 10.3. The predicted molar refractivity (Wildman–Crippen MR) is 100 cm³/mol. The average Bonchev–Trinajstić information content (AvgIpc) is 3.06. The summed E-state index contributed by atoms with van der Waals surface area (Å²) < 4.78 is 1.58. The maximum absolute atomic E-state index is 12.2. The van der Waals surface area contributed by atoms with E-state index in [1.54, 1.807) is 29.8 Å². The molecule has 1 aromatic heterocycles. The highest BCUT2D eigenvalue weighted by Crippen LogP contribution is 2.15. The van der Waals surface area contributed by atoms with E-state index in [0.717, 1.165) is 11.3 Å². The van der Waals surface area contributed by atoms with Gasteiger partial charge in [0.25, 0.3) is 0 Å². The zero-order chi connectivity index (χ0) is 19.2. The molecule has 3 rings (SSSR count). The summed E-state index contributed by atoms with van der Waals surface area (Å²) in [6.07, 6.45) is 0. The molecular formula is C18H19N7O2. The Kier molecular flexibility index (Phi) is 5.41. The molecule has 9 nitrogen and oxygen atoms in total. The van der Waals surface area contributed by atoms with Gasteiger partial charge in [0, 0.05) is 24.8 Å². The van der Waals surface area contributed by atoms with Crippen molar-refractivity contribution in [3.8, 4) is 5.69 Å². The minimum absolute atomic E-state index is 0.143. The Hall–Kier alpha value is -3.75. The Morgan fingerprint density at radius 2 is 1.78 bits per heavy atom. The molecule has 3 N–H and O–H groups in total. The second-order valence-electron chi connectivity index (χ2n) is 5.88. The molecule has 0 atom stereocenters. The molecule has 3 aromatic rings. The number of hydrogen-bond acceptors (Lipinski definition) is 5. The summed E-state index contributed by atoms with van der Waals surface area (Å²) in [4.78, 5) is 23.3. The van der Waals surface area contributed by atoms with Gasteiger partial charge in [-0.3, -0.25) is 4.79 Å². The number of tetrazole rings is 1. The van der Waals surface area contributed by atoms with Crippen LogP contribution in [-0.2, 0) is 11.3 Å². The molecule has 0 aliphatic heterocycles. The van der Waals surface area contributed by atoms with Crippen LogP contribution in [0.5, 0.6) is 0 Å². The summed E-state index contributed by atoms with van der Waals surface area (Å²) in [6, 6.07) is 14.2. The van der Waals surface area contributed by atoms with Crippen molar-refractivity contribution in [3.63, 3.8) is 0 Å². The van der Waals surface area contributed by atoms with Crippen LogP contribution in [0, 0.1) is 6.92 Å². The van der Waals surface area contributed by atoms with Crippen molar-refractivity contribution in [2.45, 2.75) is 20.4 Å². The second kappa shape index (κ2) is 8.09. The Balaban J connectivity index is 1.60. The highest BCUT2D eigenvalue weighted by molar-refractivity contribution is 5.90. The lowest BCUT2D eigenvalue weighted by Crippen LogP contribution is -2.28. The van der Waals surface area contributed by atoms with Crippen molar-refractivity contribution in [3.05, 3.63) is 59.9 Å². The van der Waals surface area contributed by atoms with E-state index < -0.39 is 0 Å². The van der Waals surface area contributed by atoms with E-state index in [-0.39, 0.29) is 11.9 Å². The van der Waals surface area contributed by atoms with Crippen LogP contribution < -0.4 is 16.0 Å². The Morgan fingerprint density at radius 3 is 2.48 bits per heavy atom. The molecule has 0 saturated carbocycles. The number of nitrogens with zero attached hydrogens (tertiary/aromatic N) is 4. The van der Waals surface area contributed by atoms with E-state index in [1.807, 2.05) is 30.3 Å². The summed E-state index contributed by atoms with van der Waals surface area (Å²) in [5.41, 5.74) is 2.92. The monoisotopic (exact) mass is 365 g/mol. The lowest BCUT2D eigenvalue weighted by molar-refractivity contribution is -0.114. The van der Waals surface area contributed by atoms with E-state index in [9.17, 15) is 9.59 Å². The number of urea groups is 1. The second-order valence-corrected chi connectivity index (χ2v) is 5.88. The largest absolute Gasteiger partial charge is 0.334 e. The molecule has 3 amide bonds. The maximum Gasteiger partial charge on any atom is 0.319 e. The fourth-order valence-electron chi connectivity index (χ4n) is 2.51. The molecule has 0 radical (unpaired) electrons. The van der Waals surface area contributed by atoms with Crippen LogP contribution in [0.1, 0.15) is 18.3 Å². The molecule has 27 heavy (non-hydrogen) atoms. The smallest absolute Gasteiger partial charge is 0.319 e. The standard InChI is InChI=1S/C18H19N7O2/c1-12-22-23-24-25(12)17-8-4-7-16(10-17)21-18(27)19-11-14-5-3-6-15(9-14)20-13(2)26/h3-10H,11H2,1-2H3,(H,20,26)(H2,19,21,27). The number of carbonyl (C=O) groups excluding carboxylic acids is 2. The van der Waals surface area contributed by atoms with Crippen LogP contribution in [0.2, 0.25) is 0 Å². The Labute approximate surface area is 155 Å². The number of rotatable bonds is 5. The summed E-state index contributed by atoms with van der Waals surface area (Å²) in [5, 5.41) is 19.6. The van der Waals surface area contributed by atoms with Crippen LogP contribution in [0.15, 0.2) is 48.5 Å². The molecule has 0 fully saturated rings. The van der Waals surface area contributed by atoms with Gasteiger partial charge in [0.2, 0.25) is 5.91 Å². The van der Waals surface area contributed by atoms with Gasteiger partial charge in [-0.1, -0.05) is 18.2 Å². The first-order valence-corrected chi connectivity index (χ1v) is 8.28. The minimum Gasteiger partial charge on any atom is -0.334 e. The predicted octanol–water partition coefficient (Wildman–Crippen LogP) is 2.25. The Bertz CT molecular complexity index is 968. The Morgan fingerprint density at radius 1 is 1.04 bits per heavy atom. The lowest BCUT2D eigenvalue weighted by Gasteiger charge is -2.10. The highest BCUT2D eigenvalue weighted by Gasteiger charge is 2.07. The van der Waals surface area contributed by atoms with E-state index >= 15 is 0 Å². The number of nitrogens with one attached hydrogen (secondary N) is 3. The number of carbonyl (C=O) groups is 2. The van der Waals surface area contributed by atoms with Gasteiger partial charge >= 0.3 is 6.03 Å². The third-order valence-corrected chi connectivity index (χ3v) is 3.67. The molecule has 0 unspecified atom stereocenters. The zero-order valence-corrected chi connectivity index (χ0v) is 14.9. The van der Waals surface area contributed by atoms with Crippen molar-refractivity contribution in [2.75, 3.05) is 10.6 Å². The average molecular weight is 365 g/mol. The van der Waals surface area contributed by atoms with Gasteiger partial charge < -0.3 is 16.0 Å². The van der Waals surface area contributed by atoms with Crippen LogP contribution in [0.25, 0.3) is 5.69 Å². The van der Waals surface area contributed by atoms with Gasteiger partial charge in [-0.15, -0.1) is 5.10 Å². The highest BCUT2D eigenvalue weighted by atomic mass is 16.2. The molecule has 0 saturated heterocycles. The van der Waals surface area contributed by atoms with Crippen LogP contribution in [0.3, 0.4) is 0 Å². The SMILES string of the molecule is CC(=O)Nc1cccc(CNC(=O)Nc2cccc(-n3nnnc3C)c2)c1. The summed E-state index contributed by atoms with van der Waals surface area (Å²) in [7, 11) is 0. The van der Waals surface area contributed by atoms with E-state index in [2.05, 4.69) is 31.5 Å². The molecular weight excluding hydrogens is 346 g/mol. The zero-order valence-electron chi connectivity index (χ0n) is 14.9. The molecule has 0 aliphatic carbocycles. The van der Waals surface area contributed by atoms with Crippen molar-refractivity contribution in [1.29, 1.82) is 0 Å². The van der Waals surface area contributed by atoms with Gasteiger partial charge in [0.05, 0.1) is 5.69 Å². The van der Waals surface area contributed by atoms with Crippen LogP contribution in [-0.4, -0.2) is 32.1 Å². The molecule has 0 aliphatic rings. The first-order chi connectivity index (χ1) is 13.0. The quantitative estimate of drug-likeness (QED) is 0.642. The number of anilines is 2.